The van der Waals surface area contributed by atoms with Gasteiger partial charge in [0.25, 0.3) is 0 Å². The quantitative estimate of drug-likeness (QED) is 0.301. The summed E-state index contributed by atoms with van der Waals surface area (Å²) in [5.41, 5.74) is 4.22. The maximum absolute atomic E-state index is 13.4. The zero-order valence-electron chi connectivity index (χ0n) is 21.7. The number of phenols is 4. The van der Waals surface area contributed by atoms with Gasteiger partial charge in [0, 0.05) is 22.8 Å². The van der Waals surface area contributed by atoms with E-state index in [0.29, 0.717) is 24.0 Å². The highest BCUT2D eigenvalue weighted by atomic mass is 16.5. The number of aromatic hydroxyl groups is 4. The van der Waals surface area contributed by atoms with Crippen LogP contribution in [0.2, 0.25) is 0 Å². The van der Waals surface area contributed by atoms with Gasteiger partial charge in [0.05, 0.1) is 6.42 Å². The number of allylic oxidation sites excluding steroid dienone is 5. The second-order valence-corrected chi connectivity index (χ2v) is 10.1. The molecule has 192 valence electrons. The number of hydrogen-bond donors (Lipinski definition) is 4. The van der Waals surface area contributed by atoms with Crippen LogP contribution < -0.4 is 4.74 Å². The van der Waals surface area contributed by atoms with E-state index < -0.39 is 6.10 Å². The Balaban J connectivity index is 2.19. The summed E-state index contributed by atoms with van der Waals surface area (Å²) in [5.74, 6) is -0.937. The molecule has 0 spiro atoms. The molecule has 0 radical (unpaired) electrons. The number of ether oxygens (including phenoxy) is 1. The van der Waals surface area contributed by atoms with Crippen LogP contribution in [-0.4, -0.2) is 26.2 Å². The number of phenolic OH excluding ortho intramolecular Hbond substituents is 4. The largest absolute Gasteiger partial charge is 0.508 e. The standard InChI is InChI=1S/C30H36O6/c1-16(2)7-9-19(18(5)6)13-23-28(34)22(11-8-17(3)4)29(35)27-25(33)15-26(36-30(23)27)21-12-10-20(31)14-24(21)32/h7-8,10,12,14,19,26,31-32,34-35H,5,9,11,13,15H2,1-4,6H3/t19-,26-/m1/s1. The highest BCUT2D eigenvalue weighted by Crippen LogP contribution is 2.50. The molecule has 0 saturated heterocycles. The average molecular weight is 493 g/mol. The van der Waals surface area contributed by atoms with Crippen LogP contribution in [0.4, 0.5) is 0 Å². The van der Waals surface area contributed by atoms with Gasteiger partial charge in [0.1, 0.15) is 40.4 Å². The lowest BCUT2D eigenvalue weighted by atomic mass is 9.84. The van der Waals surface area contributed by atoms with Crippen molar-refractivity contribution in [3.05, 3.63) is 75.9 Å². The minimum atomic E-state index is -0.840. The number of carbonyl (C=O) groups is 1. The summed E-state index contributed by atoms with van der Waals surface area (Å²) in [6.07, 6.45) is 4.37. The summed E-state index contributed by atoms with van der Waals surface area (Å²) in [5, 5.41) is 42.5. The van der Waals surface area contributed by atoms with E-state index in [1.807, 2.05) is 40.7 Å². The molecule has 36 heavy (non-hydrogen) atoms. The van der Waals surface area contributed by atoms with E-state index in [9.17, 15) is 25.2 Å². The summed E-state index contributed by atoms with van der Waals surface area (Å²) < 4.78 is 6.25. The van der Waals surface area contributed by atoms with Gasteiger partial charge in [-0.1, -0.05) is 35.5 Å². The molecule has 0 saturated carbocycles. The van der Waals surface area contributed by atoms with Crippen molar-refractivity contribution < 1.29 is 30.0 Å². The molecule has 0 aliphatic carbocycles. The van der Waals surface area contributed by atoms with Gasteiger partial charge in [0.15, 0.2) is 5.78 Å². The van der Waals surface area contributed by atoms with Crippen molar-refractivity contribution in [2.45, 2.75) is 66.4 Å². The Labute approximate surface area is 212 Å². The van der Waals surface area contributed by atoms with Crippen LogP contribution in [0.3, 0.4) is 0 Å². The molecule has 1 aliphatic rings. The number of carbonyl (C=O) groups excluding carboxylic acids is 1. The van der Waals surface area contributed by atoms with Crippen LogP contribution in [0.15, 0.2) is 53.6 Å². The molecule has 2 aromatic rings. The van der Waals surface area contributed by atoms with Crippen molar-refractivity contribution in [3.8, 4) is 28.7 Å². The third-order valence-corrected chi connectivity index (χ3v) is 6.54. The summed E-state index contributed by atoms with van der Waals surface area (Å²) >= 11 is 0. The number of benzene rings is 2. The first-order valence-corrected chi connectivity index (χ1v) is 12.1. The van der Waals surface area contributed by atoms with Gasteiger partial charge in [-0.2, -0.15) is 0 Å². The molecule has 0 unspecified atom stereocenters. The van der Waals surface area contributed by atoms with Gasteiger partial charge >= 0.3 is 0 Å². The minimum absolute atomic E-state index is 0.0306. The molecular formula is C30H36O6. The Morgan fingerprint density at radius 1 is 1.03 bits per heavy atom. The lowest BCUT2D eigenvalue weighted by molar-refractivity contribution is 0.0838. The van der Waals surface area contributed by atoms with Gasteiger partial charge in [-0.05, 0) is 71.9 Å². The Bertz CT molecular complexity index is 1240. The van der Waals surface area contributed by atoms with E-state index in [1.54, 1.807) is 0 Å². The zero-order valence-corrected chi connectivity index (χ0v) is 21.7. The fourth-order valence-electron chi connectivity index (χ4n) is 4.40. The topological polar surface area (TPSA) is 107 Å². The first-order valence-electron chi connectivity index (χ1n) is 12.1. The van der Waals surface area contributed by atoms with E-state index in [2.05, 4.69) is 12.7 Å². The Morgan fingerprint density at radius 3 is 2.28 bits per heavy atom. The molecule has 0 aromatic heterocycles. The molecule has 1 aliphatic heterocycles. The second-order valence-electron chi connectivity index (χ2n) is 10.1. The summed E-state index contributed by atoms with van der Waals surface area (Å²) in [4.78, 5) is 13.4. The lowest BCUT2D eigenvalue weighted by Crippen LogP contribution is -2.23. The van der Waals surface area contributed by atoms with E-state index in [0.717, 1.165) is 16.7 Å². The van der Waals surface area contributed by atoms with Crippen LogP contribution in [0, 0.1) is 5.92 Å². The summed E-state index contributed by atoms with van der Waals surface area (Å²) in [6, 6.07) is 4.10. The van der Waals surface area contributed by atoms with Gasteiger partial charge in [-0.15, -0.1) is 0 Å². The van der Waals surface area contributed by atoms with Crippen LogP contribution in [-0.2, 0) is 12.8 Å². The van der Waals surface area contributed by atoms with Crippen molar-refractivity contribution in [1.29, 1.82) is 0 Å². The SMILES string of the molecule is C=C(C)[C@H](CC=C(C)C)Cc1c(O)c(CC=C(C)C)c(O)c2c1O[C@@H](c1ccc(O)cc1O)CC2=O. The molecule has 2 atom stereocenters. The number of Topliss-reactive ketones (excluding diaryl/α,β-unsaturated/α-hetero) is 1. The average Bonchev–Trinajstić information content (AvgIpc) is 2.77. The van der Waals surface area contributed by atoms with Crippen molar-refractivity contribution in [1.82, 2.24) is 0 Å². The maximum atomic E-state index is 13.4. The second kappa shape index (κ2) is 10.9. The fourth-order valence-corrected chi connectivity index (χ4v) is 4.40. The molecule has 0 amide bonds. The molecule has 0 bridgehead atoms. The maximum Gasteiger partial charge on any atom is 0.174 e. The molecule has 1 heterocycles. The van der Waals surface area contributed by atoms with Crippen molar-refractivity contribution >= 4 is 5.78 Å². The monoisotopic (exact) mass is 492 g/mol. The zero-order chi connectivity index (χ0) is 26.7. The van der Waals surface area contributed by atoms with E-state index in [-0.39, 0.29) is 64.4 Å². The van der Waals surface area contributed by atoms with Gasteiger partial charge in [-0.25, -0.2) is 0 Å². The lowest BCUT2D eigenvalue weighted by Gasteiger charge is -2.31. The molecular weight excluding hydrogens is 456 g/mol. The Kier molecular flexibility index (Phi) is 8.18. The summed E-state index contributed by atoms with van der Waals surface area (Å²) in [6.45, 7) is 13.9. The predicted molar refractivity (Wildman–Crippen MR) is 141 cm³/mol. The summed E-state index contributed by atoms with van der Waals surface area (Å²) in [7, 11) is 0. The minimum Gasteiger partial charge on any atom is -0.508 e. The smallest absolute Gasteiger partial charge is 0.174 e. The van der Waals surface area contributed by atoms with Crippen LogP contribution >= 0.6 is 0 Å². The third-order valence-electron chi connectivity index (χ3n) is 6.54. The van der Waals surface area contributed by atoms with Crippen LogP contribution in [0.25, 0.3) is 0 Å². The van der Waals surface area contributed by atoms with E-state index >= 15 is 0 Å². The number of fused-ring (bicyclic) bond motifs is 1. The first-order chi connectivity index (χ1) is 16.9. The predicted octanol–water partition coefficient (Wildman–Crippen LogP) is 6.82. The molecule has 0 fully saturated rings. The molecule has 6 nitrogen and oxygen atoms in total. The molecule has 4 N–H and O–H groups in total. The Hall–Kier alpha value is -3.67. The van der Waals surface area contributed by atoms with Crippen LogP contribution in [0.1, 0.15) is 80.6 Å². The molecule has 2 aromatic carbocycles. The highest BCUT2D eigenvalue weighted by molar-refractivity contribution is 6.04. The number of ketones is 1. The number of hydrogen-bond acceptors (Lipinski definition) is 6. The fraction of sp³-hybridized carbons (Fsp3) is 0.367. The van der Waals surface area contributed by atoms with Crippen molar-refractivity contribution in [3.63, 3.8) is 0 Å². The van der Waals surface area contributed by atoms with E-state index in [4.69, 9.17) is 4.74 Å². The van der Waals surface area contributed by atoms with Gasteiger partial charge in [-0.3, -0.25) is 4.79 Å². The number of rotatable bonds is 8. The van der Waals surface area contributed by atoms with Crippen molar-refractivity contribution in [2.75, 3.05) is 0 Å². The van der Waals surface area contributed by atoms with Crippen molar-refractivity contribution in [2.24, 2.45) is 5.92 Å². The normalized spacial score (nSPS) is 15.5. The van der Waals surface area contributed by atoms with Gasteiger partial charge < -0.3 is 25.2 Å². The highest BCUT2D eigenvalue weighted by Gasteiger charge is 2.37. The van der Waals surface area contributed by atoms with Crippen LogP contribution in [0.5, 0.6) is 28.7 Å². The third kappa shape index (κ3) is 5.76. The van der Waals surface area contributed by atoms with E-state index in [1.165, 1.54) is 18.2 Å². The first kappa shape index (κ1) is 26.9. The Morgan fingerprint density at radius 2 is 1.69 bits per heavy atom. The molecule has 3 rings (SSSR count). The molecule has 6 heteroatoms. The van der Waals surface area contributed by atoms with Gasteiger partial charge in [0.2, 0.25) is 0 Å².